The van der Waals surface area contributed by atoms with Gasteiger partial charge < -0.3 is 0 Å². The summed E-state index contributed by atoms with van der Waals surface area (Å²) in [5.74, 6) is 5.82. The number of aliphatic imine (C=N–C) groups is 1. The van der Waals surface area contributed by atoms with E-state index < -0.39 is 0 Å². The minimum Gasteiger partial charge on any atom is -0.193 e. The summed E-state index contributed by atoms with van der Waals surface area (Å²) in [6.07, 6.45) is 0. The Morgan fingerprint density at radius 1 is 1.50 bits per heavy atom. The Balaban J connectivity index is 3.06. The maximum absolute atomic E-state index is 5.93. The number of benzene rings is 1. The maximum Gasteiger partial charge on any atom is 0.0926 e. The normalized spacial score (nSPS) is 8.43. The molecule has 0 unspecified atom stereocenters. The Morgan fingerprint density at radius 3 is 2.86 bits per heavy atom. The molecule has 1 nitrogen and oxygen atoms in total. The lowest BCUT2D eigenvalue weighted by atomic mass is 10.2. The second-order valence-electron chi connectivity index (χ2n) is 2.30. The molecule has 0 fully saturated rings. The number of hydrogen-bond donors (Lipinski definition) is 0. The molecule has 0 aliphatic heterocycles. The third-order valence-corrected chi connectivity index (χ3v) is 2.09. The summed E-state index contributed by atoms with van der Waals surface area (Å²) < 4.78 is 0. The highest BCUT2D eigenvalue weighted by atomic mass is 79.9. The molecule has 0 bridgehead atoms. The molecule has 70 valence electrons. The highest BCUT2D eigenvalue weighted by Crippen LogP contribution is 2.24. The fraction of sp³-hybridized carbons (Fsp3) is 0.100. The van der Waals surface area contributed by atoms with Crippen molar-refractivity contribution >= 4 is 50.6 Å². The van der Waals surface area contributed by atoms with Crippen molar-refractivity contribution in [3.8, 4) is 11.8 Å². The Morgan fingerprint density at radius 2 is 2.29 bits per heavy atom. The molecule has 1 aromatic rings. The molecule has 0 saturated carbocycles. The molecule has 14 heavy (non-hydrogen) atoms. The number of nitrogens with zero attached hydrogens (tertiary/aromatic N) is 1. The van der Waals surface area contributed by atoms with Crippen LogP contribution in [0, 0.1) is 11.8 Å². The highest BCUT2D eigenvalue weighted by molar-refractivity contribution is 9.09. The zero-order valence-corrected chi connectivity index (χ0v) is 10.2. The van der Waals surface area contributed by atoms with Gasteiger partial charge in [0.15, 0.2) is 0 Å². The maximum atomic E-state index is 5.93. The number of alkyl halides is 1. The Hall–Kier alpha value is -0.650. The van der Waals surface area contributed by atoms with Crippen molar-refractivity contribution in [3.05, 3.63) is 28.8 Å². The Labute approximate surface area is 101 Å². The standard InChI is InChI=1S/C10H5BrClNS/c11-5-1-2-8-3-4-10(13-7-14)9(12)6-8/h3-4,6H,5H2. The van der Waals surface area contributed by atoms with Gasteiger partial charge in [0.25, 0.3) is 0 Å². The molecule has 0 radical (unpaired) electrons. The summed E-state index contributed by atoms with van der Waals surface area (Å²) in [5, 5.41) is 3.44. The summed E-state index contributed by atoms with van der Waals surface area (Å²) in [6.45, 7) is 0. The molecule has 0 atom stereocenters. The first-order valence-corrected chi connectivity index (χ1v) is 5.61. The van der Waals surface area contributed by atoms with Crippen LogP contribution >= 0.6 is 39.7 Å². The second-order valence-corrected chi connectivity index (χ2v) is 3.46. The third kappa shape index (κ3) is 3.25. The summed E-state index contributed by atoms with van der Waals surface area (Å²) in [5.41, 5.74) is 1.48. The molecule has 4 heteroatoms. The SMILES string of the molecule is S=C=Nc1ccc(C#CCBr)cc1Cl. The van der Waals surface area contributed by atoms with E-state index in [-0.39, 0.29) is 0 Å². The lowest BCUT2D eigenvalue weighted by Crippen LogP contribution is -1.75. The van der Waals surface area contributed by atoms with Gasteiger partial charge >= 0.3 is 0 Å². The van der Waals surface area contributed by atoms with Crippen molar-refractivity contribution in [2.45, 2.75) is 0 Å². The van der Waals surface area contributed by atoms with E-state index in [2.05, 4.69) is 50.1 Å². The van der Waals surface area contributed by atoms with Crippen LogP contribution in [0.5, 0.6) is 0 Å². The minimum atomic E-state index is 0.531. The zero-order valence-electron chi connectivity index (χ0n) is 7.05. The number of isothiocyanates is 1. The molecular formula is C10H5BrClNS. The van der Waals surface area contributed by atoms with Gasteiger partial charge in [-0.3, -0.25) is 0 Å². The van der Waals surface area contributed by atoms with E-state index in [1.165, 1.54) is 0 Å². The van der Waals surface area contributed by atoms with Crippen LogP contribution in [0.25, 0.3) is 0 Å². The fourth-order valence-electron chi connectivity index (χ4n) is 0.860. The van der Waals surface area contributed by atoms with Crippen molar-refractivity contribution in [3.63, 3.8) is 0 Å². The van der Waals surface area contributed by atoms with Gasteiger partial charge in [-0.1, -0.05) is 39.4 Å². The lowest BCUT2D eigenvalue weighted by Gasteiger charge is -1.96. The molecule has 0 aliphatic rings. The third-order valence-electron chi connectivity index (χ3n) is 1.41. The zero-order chi connectivity index (χ0) is 10.4. The van der Waals surface area contributed by atoms with E-state index in [1.807, 2.05) is 6.07 Å². The average molecular weight is 287 g/mol. The number of thiocarbonyl (C=S) groups is 1. The molecule has 0 saturated heterocycles. The van der Waals surface area contributed by atoms with E-state index in [4.69, 9.17) is 11.6 Å². The van der Waals surface area contributed by atoms with Crippen LogP contribution in [-0.4, -0.2) is 10.5 Å². The van der Waals surface area contributed by atoms with Gasteiger partial charge in [0, 0.05) is 5.56 Å². The molecule has 0 N–H and O–H groups in total. The Bertz CT molecular complexity index is 441. The first kappa shape index (κ1) is 11.4. The fourth-order valence-corrected chi connectivity index (χ4v) is 1.32. The van der Waals surface area contributed by atoms with Crippen LogP contribution in [-0.2, 0) is 0 Å². The average Bonchev–Trinajstić information content (AvgIpc) is 2.19. The van der Waals surface area contributed by atoms with Crippen molar-refractivity contribution in [2.75, 3.05) is 5.33 Å². The number of rotatable bonds is 1. The number of hydrogen-bond acceptors (Lipinski definition) is 2. The molecular weight excluding hydrogens is 282 g/mol. The van der Waals surface area contributed by atoms with Crippen molar-refractivity contribution in [1.82, 2.24) is 0 Å². The predicted molar refractivity (Wildman–Crippen MR) is 66.8 cm³/mol. The number of halogens is 2. The monoisotopic (exact) mass is 285 g/mol. The second kappa shape index (κ2) is 5.95. The first-order chi connectivity index (χ1) is 6.77. The topological polar surface area (TPSA) is 12.4 Å². The van der Waals surface area contributed by atoms with Crippen LogP contribution in [0.15, 0.2) is 23.2 Å². The van der Waals surface area contributed by atoms with Crippen molar-refractivity contribution in [2.24, 2.45) is 4.99 Å². The van der Waals surface area contributed by atoms with Crippen LogP contribution in [0.2, 0.25) is 5.02 Å². The molecule has 0 heterocycles. The quantitative estimate of drug-likeness (QED) is 0.331. The van der Waals surface area contributed by atoms with Gasteiger partial charge in [-0.05, 0) is 30.4 Å². The predicted octanol–water partition coefficient (Wildman–Crippen LogP) is 3.82. The van der Waals surface area contributed by atoms with Gasteiger partial charge in [0.1, 0.15) is 0 Å². The van der Waals surface area contributed by atoms with Gasteiger partial charge in [-0.25, -0.2) is 0 Å². The summed E-state index contributed by atoms with van der Waals surface area (Å²) >= 11 is 13.6. The van der Waals surface area contributed by atoms with Crippen LogP contribution < -0.4 is 0 Å². The summed E-state index contributed by atoms with van der Waals surface area (Å²) in [6, 6.07) is 5.36. The minimum absolute atomic E-state index is 0.531. The van der Waals surface area contributed by atoms with E-state index >= 15 is 0 Å². The lowest BCUT2D eigenvalue weighted by molar-refractivity contribution is 1.53. The van der Waals surface area contributed by atoms with E-state index in [1.54, 1.807) is 12.1 Å². The van der Waals surface area contributed by atoms with Crippen LogP contribution in [0.4, 0.5) is 5.69 Å². The van der Waals surface area contributed by atoms with Gasteiger partial charge in [0.2, 0.25) is 0 Å². The Kier molecular flexibility index (Phi) is 4.86. The summed E-state index contributed by atoms with van der Waals surface area (Å²) in [4.78, 5) is 3.80. The van der Waals surface area contributed by atoms with Crippen molar-refractivity contribution in [1.29, 1.82) is 0 Å². The molecule has 0 aliphatic carbocycles. The van der Waals surface area contributed by atoms with Gasteiger partial charge in [-0.2, -0.15) is 4.99 Å². The molecule has 0 aromatic heterocycles. The molecule has 0 spiro atoms. The van der Waals surface area contributed by atoms with E-state index in [0.717, 1.165) is 5.56 Å². The largest absolute Gasteiger partial charge is 0.193 e. The summed E-state index contributed by atoms with van der Waals surface area (Å²) in [7, 11) is 0. The van der Waals surface area contributed by atoms with Crippen molar-refractivity contribution < 1.29 is 0 Å². The van der Waals surface area contributed by atoms with Crippen LogP contribution in [0.3, 0.4) is 0 Å². The van der Waals surface area contributed by atoms with Crippen LogP contribution in [0.1, 0.15) is 5.56 Å². The highest BCUT2D eigenvalue weighted by Gasteiger charge is 1.97. The van der Waals surface area contributed by atoms with E-state index in [9.17, 15) is 0 Å². The molecule has 1 aromatic carbocycles. The smallest absolute Gasteiger partial charge is 0.0926 e. The molecule has 1 rings (SSSR count). The van der Waals surface area contributed by atoms with Gasteiger partial charge in [-0.15, -0.1) is 0 Å². The van der Waals surface area contributed by atoms with Gasteiger partial charge in [0.05, 0.1) is 21.2 Å². The molecule has 0 amide bonds. The first-order valence-electron chi connectivity index (χ1n) is 3.70. The van der Waals surface area contributed by atoms with E-state index in [0.29, 0.717) is 16.0 Å².